The number of H-pyrrole nitrogens is 1. The van der Waals surface area contributed by atoms with E-state index >= 15 is 0 Å². The molecule has 25 heavy (non-hydrogen) atoms. The molecule has 7 heteroatoms. The Kier molecular flexibility index (Phi) is 6.42. The number of aromatic nitrogens is 2. The number of rotatable bonds is 7. The maximum Gasteiger partial charge on any atom is 0.319 e. The van der Waals surface area contributed by atoms with Gasteiger partial charge in [0.1, 0.15) is 0 Å². The van der Waals surface area contributed by atoms with E-state index in [1.54, 1.807) is 12.4 Å². The molecule has 1 saturated heterocycles. The Morgan fingerprint density at radius 1 is 1.12 bits per heavy atom. The average Bonchev–Trinajstić information content (AvgIpc) is 3.14. The normalized spacial score (nSPS) is 15.8. The highest BCUT2D eigenvalue weighted by Crippen LogP contribution is 2.08. The van der Waals surface area contributed by atoms with E-state index in [9.17, 15) is 4.79 Å². The smallest absolute Gasteiger partial charge is 0.319 e. The Balaban J connectivity index is 1.26. The molecular formula is C18H26N6O. The van der Waals surface area contributed by atoms with Crippen LogP contribution < -0.4 is 10.6 Å². The lowest BCUT2D eigenvalue weighted by Crippen LogP contribution is -2.46. The average molecular weight is 342 g/mol. The van der Waals surface area contributed by atoms with E-state index in [4.69, 9.17) is 0 Å². The third kappa shape index (κ3) is 5.88. The maximum atomic E-state index is 11.7. The molecule has 1 aromatic heterocycles. The van der Waals surface area contributed by atoms with Crippen LogP contribution in [0.5, 0.6) is 0 Å². The minimum atomic E-state index is -0.186. The van der Waals surface area contributed by atoms with E-state index in [0.717, 1.165) is 45.7 Å². The standard InChI is InChI=1S/C18H26N6O/c25-18(22-17-13-20-21-14-17)19-7-4-8-23-9-11-24(12-10-23)15-16-5-2-1-3-6-16/h1-3,5-6,13-14H,4,7-12,15H2,(H,20,21)(H2,19,22,25). The van der Waals surface area contributed by atoms with Crippen molar-refractivity contribution in [3.8, 4) is 0 Å². The summed E-state index contributed by atoms with van der Waals surface area (Å²) in [6.07, 6.45) is 4.18. The predicted octanol–water partition coefficient (Wildman–Crippen LogP) is 1.74. The van der Waals surface area contributed by atoms with Crippen LogP contribution in [0.4, 0.5) is 10.5 Å². The molecule has 2 aromatic rings. The van der Waals surface area contributed by atoms with Crippen molar-refractivity contribution < 1.29 is 4.79 Å². The minimum absolute atomic E-state index is 0.186. The number of aromatic amines is 1. The third-order valence-electron chi connectivity index (χ3n) is 4.41. The maximum absolute atomic E-state index is 11.7. The number of hydrogen-bond acceptors (Lipinski definition) is 4. The number of amides is 2. The van der Waals surface area contributed by atoms with Crippen LogP contribution in [0.15, 0.2) is 42.7 Å². The summed E-state index contributed by atoms with van der Waals surface area (Å²) >= 11 is 0. The highest BCUT2D eigenvalue weighted by Gasteiger charge is 2.16. The molecule has 0 bridgehead atoms. The summed E-state index contributed by atoms with van der Waals surface area (Å²) < 4.78 is 0. The Morgan fingerprint density at radius 2 is 1.88 bits per heavy atom. The van der Waals surface area contributed by atoms with Gasteiger partial charge in [0.15, 0.2) is 0 Å². The Bertz CT molecular complexity index is 622. The fraction of sp³-hybridized carbons (Fsp3) is 0.444. The number of carbonyl (C=O) groups excluding carboxylic acids is 1. The monoisotopic (exact) mass is 342 g/mol. The zero-order valence-electron chi connectivity index (χ0n) is 14.4. The van der Waals surface area contributed by atoms with Gasteiger partial charge in [0.05, 0.1) is 11.9 Å². The Morgan fingerprint density at radius 3 is 2.60 bits per heavy atom. The van der Waals surface area contributed by atoms with Gasteiger partial charge in [0.2, 0.25) is 0 Å². The van der Waals surface area contributed by atoms with Crippen molar-refractivity contribution in [2.24, 2.45) is 0 Å². The summed E-state index contributed by atoms with van der Waals surface area (Å²) in [7, 11) is 0. The largest absolute Gasteiger partial charge is 0.338 e. The number of nitrogens with one attached hydrogen (secondary N) is 3. The SMILES string of the molecule is O=C(NCCCN1CCN(Cc2ccccc2)CC1)Nc1cn[nH]c1. The molecule has 0 spiro atoms. The first-order valence-electron chi connectivity index (χ1n) is 8.82. The summed E-state index contributed by atoms with van der Waals surface area (Å²) in [5.74, 6) is 0. The molecule has 3 N–H and O–H groups in total. The lowest BCUT2D eigenvalue weighted by atomic mass is 10.2. The first-order chi connectivity index (χ1) is 12.3. The molecule has 2 heterocycles. The Labute approximate surface area is 148 Å². The van der Waals surface area contributed by atoms with E-state index in [2.05, 4.69) is 61.0 Å². The molecule has 0 unspecified atom stereocenters. The Hall–Kier alpha value is -2.38. The van der Waals surface area contributed by atoms with Crippen LogP contribution in [0.25, 0.3) is 0 Å². The first kappa shape index (κ1) is 17.4. The highest BCUT2D eigenvalue weighted by molar-refractivity contribution is 5.88. The summed E-state index contributed by atoms with van der Waals surface area (Å²) in [4.78, 5) is 16.7. The topological polar surface area (TPSA) is 76.3 Å². The molecular weight excluding hydrogens is 316 g/mol. The summed E-state index contributed by atoms with van der Waals surface area (Å²) in [6.45, 7) is 7.11. The predicted molar refractivity (Wildman–Crippen MR) is 98.4 cm³/mol. The van der Waals surface area contributed by atoms with Crippen LogP contribution in [-0.2, 0) is 6.54 Å². The van der Waals surface area contributed by atoms with Crippen molar-refractivity contribution in [2.75, 3.05) is 44.6 Å². The van der Waals surface area contributed by atoms with Crippen LogP contribution in [0.2, 0.25) is 0 Å². The van der Waals surface area contributed by atoms with Crippen LogP contribution >= 0.6 is 0 Å². The van der Waals surface area contributed by atoms with Crippen LogP contribution in [0.3, 0.4) is 0 Å². The molecule has 0 radical (unpaired) electrons. The van der Waals surface area contributed by atoms with Gasteiger partial charge >= 0.3 is 6.03 Å². The van der Waals surface area contributed by atoms with Gasteiger partial charge in [-0.25, -0.2) is 4.79 Å². The molecule has 7 nitrogen and oxygen atoms in total. The molecule has 1 fully saturated rings. The zero-order chi connectivity index (χ0) is 17.3. The van der Waals surface area contributed by atoms with Gasteiger partial charge in [0, 0.05) is 45.5 Å². The second-order valence-corrected chi connectivity index (χ2v) is 6.32. The van der Waals surface area contributed by atoms with Gasteiger partial charge in [0.25, 0.3) is 0 Å². The third-order valence-corrected chi connectivity index (χ3v) is 4.41. The zero-order valence-corrected chi connectivity index (χ0v) is 14.4. The first-order valence-corrected chi connectivity index (χ1v) is 8.82. The van der Waals surface area contributed by atoms with Crippen LogP contribution in [0.1, 0.15) is 12.0 Å². The van der Waals surface area contributed by atoms with Gasteiger partial charge in [-0.3, -0.25) is 10.00 Å². The van der Waals surface area contributed by atoms with Gasteiger partial charge in [-0.05, 0) is 18.5 Å². The lowest BCUT2D eigenvalue weighted by Gasteiger charge is -2.34. The molecule has 134 valence electrons. The van der Waals surface area contributed by atoms with Crippen molar-refractivity contribution >= 4 is 11.7 Å². The number of anilines is 1. The second kappa shape index (κ2) is 9.19. The number of hydrogen-bond donors (Lipinski definition) is 3. The molecule has 1 aliphatic heterocycles. The molecule has 1 aromatic carbocycles. The van der Waals surface area contributed by atoms with E-state index in [1.165, 1.54) is 5.56 Å². The molecule has 0 aliphatic carbocycles. The molecule has 2 amide bonds. The van der Waals surface area contributed by atoms with Crippen LogP contribution in [-0.4, -0.2) is 65.3 Å². The van der Waals surface area contributed by atoms with Crippen molar-refractivity contribution in [3.63, 3.8) is 0 Å². The number of nitrogens with zero attached hydrogens (tertiary/aromatic N) is 3. The number of carbonyl (C=O) groups is 1. The van der Waals surface area contributed by atoms with Gasteiger partial charge in [-0.2, -0.15) is 5.10 Å². The highest BCUT2D eigenvalue weighted by atomic mass is 16.2. The summed E-state index contributed by atoms with van der Waals surface area (Å²) in [5.41, 5.74) is 2.05. The van der Waals surface area contributed by atoms with Gasteiger partial charge < -0.3 is 15.5 Å². The molecule has 0 saturated carbocycles. The van der Waals surface area contributed by atoms with Gasteiger partial charge in [-0.15, -0.1) is 0 Å². The van der Waals surface area contributed by atoms with Crippen LogP contribution in [0, 0.1) is 0 Å². The van der Waals surface area contributed by atoms with Crippen molar-refractivity contribution in [1.29, 1.82) is 0 Å². The second-order valence-electron chi connectivity index (χ2n) is 6.32. The van der Waals surface area contributed by atoms with Crippen molar-refractivity contribution in [2.45, 2.75) is 13.0 Å². The molecule has 1 aliphatic rings. The van der Waals surface area contributed by atoms with Crippen molar-refractivity contribution in [3.05, 3.63) is 48.3 Å². The van der Waals surface area contributed by atoms with E-state index < -0.39 is 0 Å². The summed E-state index contributed by atoms with van der Waals surface area (Å²) in [6, 6.07) is 10.4. The minimum Gasteiger partial charge on any atom is -0.338 e. The lowest BCUT2D eigenvalue weighted by molar-refractivity contribution is 0.126. The van der Waals surface area contributed by atoms with Crippen molar-refractivity contribution in [1.82, 2.24) is 25.3 Å². The fourth-order valence-corrected chi connectivity index (χ4v) is 3.01. The fourth-order valence-electron chi connectivity index (χ4n) is 3.01. The number of piperazine rings is 1. The van der Waals surface area contributed by atoms with E-state index in [0.29, 0.717) is 12.2 Å². The quantitative estimate of drug-likeness (QED) is 0.670. The van der Waals surface area contributed by atoms with E-state index in [-0.39, 0.29) is 6.03 Å². The summed E-state index contributed by atoms with van der Waals surface area (Å²) in [5, 5.41) is 12.0. The number of benzene rings is 1. The van der Waals surface area contributed by atoms with E-state index in [1.807, 2.05) is 0 Å². The number of urea groups is 1. The molecule has 3 rings (SSSR count). The van der Waals surface area contributed by atoms with Gasteiger partial charge in [-0.1, -0.05) is 30.3 Å². The molecule has 0 atom stereocenters.